The van der Waals surface area contributed by atoms with Gasteiger partial charge in [0.15, 0.2) is 0 Å². The van der Waals surface area contributed by atoms with Crippen LogP contribution in [0, 0.1) is 0 Å². The molecule has 2 aromatic rings. The molecule has 8 heteroatoms. The van der Waals surface area contributed by atoms with Gasteiger partial charge in [-0.05, 0) is 20.2 Å². The maximum Gasteiger partial charge on any atom is 0.259 e. The third-order valence-corrected chi connectivity index (χ3v) is 3.68. The smallest absolute Gasteiger partial charge is 0.259 e. The molecule has 6 nitrogen and oxygen atoms in total. The van der Waals surface area contributed by atoms with Gasteiger partial charge < -0.3 is 4.90 Å². The summed E-state index contributed by atoms with van der Waals surface area (Å²) in [7, 11) is 3.99. The molecule has 0 saturated heterocycles. The fourth-order valence-corrected chi connectivity index (χ4v) is 2.38. The number of nitrogens with zero attached hydrogens (tertiary/aromatic N) is 4. The lowest BCUT2D eigenvalue weighted by molar-refractivity contribution is 0.102. The van der Waals surface area contributed by atoms with Crippen molar-refractivity contribution in [1.29, 1.82) is 0 Å². The zero-order chi connectivity index (χ0) is 14.5. The number of hydrogen-bond donors (Lipinski definition) is 1. The first-order valence-electron chi connectivity index (χ1n) is 5.94. The van der Waals surface area contributed by atoms with Crippen molar-refractivity contribution in [3.63, 3.8) is 0 Å². The fourth-order valence-electron chi connectivity index (χ4n) is 1.45. The van der Waals surface area contributed by atoms with Crippen LogP contribution in [0.25, 0.3) is 0 Å². The first-order chi connectivity index (χ1) is 9.56. The summed E-state index contributed by atoms with van der Waals surface area (Å²) in [6.45, 7) is 0.888. The molecular formula is C12H14ClN5OS. The Hall–Kier alpha value is -1.57. The average Bonchev–Trinajstić information content (AvgIpc) is 2.84. The van der Waals surface area contributed by atoms with Crippen molar-refractivity contribution >= 4 is 34.0 Å². The second-order valence-corrected chi connectivity index (χ2v) is 5.83. The maximum absolute atomic E-state index is 12.0. The highest BCUT2D eigenvalue weighted by atomic mass is 35.5. The van der Waals surface area contributed by atoms with Crippen molar-refractivity contribution < 1.29 is 4.79 Å². The Labute approximate surface area is 125 Å². The molecule has 0 atom stereocenters. The third kappa shape index (κ3) is 3.96. The van der Waals surface area contributed by atoms with Crippen LogP contribution in [-0.4, -0.2) is 46.6 Å². The molecule has 0 unspecified atom stereocenters. The van der Waals surface area contributed by atoms with E-state index in [4.69, 9.17) is 11.6 Å². The topological polar surface area (TPSA) is 71.0 Å². The van der Waals surface area contributed by atoms with Gasteiger partial charge in [0.1, 0.15) is 5.01 Å². The molecule has 0 saturated carbocycles. The van der Waals surface area contributed by atoms with Crippen LogP contribution in [0.1, 0.15) is 15.4 Å². The first kappa shape index (κ1) is 14.8. The van der Waals surface area contributed by atoms with Gasteiger partial charge in [-0.2, -0.15) is 0 Å². The average molecular weight is 312 g/mol. The number of hydrogen-bond acceptors (Lipinski definition) is 6. The molecule has 2 rings (SSSR count). The van der Waals surface area contributed by atoms with Gasteiger partial charge in [-0.15, -0.1) is 10.2 Å². The Kier molecular flexibility index (Phi) is 4.99. The number of amides is 1. The van der Waals surface area contributed by atoms with Crippen LogP contribution in [0.15, 0.2) is 18.5 Å². The first-order valence-corrected chi connectivity index (χ1v) is 7.13. The lowest BCUT2D eigenvalue weighted by atomic mass is 10.2. The number of aromatic nitrogens is 3. The third-order valence-electron chi connectivity index (χ3n) is 2.48. The Bertz CT molecular complexity index is 601. The van der Waals surface area contributed by atoms with E-state index < -0.39 is 0 Å². The van der Waals surface area contributed by atoms with E-state index in [1.807, 2.05) is 14.1 Å². The van der Waals surface area contributed by atoms with E-state index in [2.05, 4.69) is 25.4 Å². The number of anilines is 1. The lowest BCUT2D eigenvalue weighted by Gasteiger charge is -2.05. The quantitative estimate of drug-likeness (QED) is 0.913. The lowest BCUT2D eigenvalue weighted by Crippen LogP contribution is -2.14. The Balaban J connectivity index is 2.00. The SMILES string of the molecule is CN(C)CCc1nnc(NC(=O)c2ccncc2Cl)s1. The minimum absolute atomic E-state index is 0.308. The molecule has 0 aliphatic rings. The van der Waals surface area contributed by atoms with Crippen LogP contribution in [0.3, 0.4) is 0 Å². The van der Waals surface area contributed by atoms with Crippen molar-refractivity contribution in [2.24, 2.45) is 0 Å². The number of carbonyl (C=O) groups is 1. The Morgan fingerprint density at radius 1 is 1.45 bits per heavy atom. The molecule has 0 aromatic carbocycles. The van der Waals surface area contributed by atoms with Crippen LogP contribution in [0.4, 0.5) is 5.13 Å². The van der Waals surface area contributed by atoms with Crippen molar-refractivity contribution in [1.82, 2.24) is 20.1 Å². The second-order valence-electron chi connectivity index (χ2n) is 4.36. The van der Waals surface area contributed by atoms with Gasteiger partial charge in [0, 0.05) is 25.4 Å². The van der Waals surface area contributed by atoms with Crippen molar-refractivity contribution in [3.8, 4) is 0 Å². The number of halogens is 1. The molecule has 0 fully saturated rings. The molecule has 0 radical (unpaired) electrons. The molecule has 20 heavy (non-hydrogen) atoms. The molecule has 1 amide bonds. The largest absolute Gasteiger partial charge is 0.309 e. The van der Waals surface area contributed by atoms with Crippen LogP contribution < -0.4 is 5.32 Å². The Morgan fingerprint density at radius 2 is 2.25 bits per heavy atom. The second kappa shape index (κ2) is 6.74. The predicted molar refractivity (Wildman–Crippen MR) is 79.4 cm³/mol. The van der Waals surface area contributed by atoms with Gasteiger partial charge in [0.2, 0.25) is 5.13 Å². The predicted octanol–water partition coefficient (Wildman–Crippen LogP) is 1.94. The van der Waals surface area contributed by atoms with E-state index in [1.54, 1.807) is 6.07 Å². The van der Waals surface area contributed by atoms with E-state index >= 15 is 0 Å². The van der Waals surface area contributed by atoms with Crippen LogP contribution in [-0.2, 0) is 6.42 Å². The number of carbonyl (C=O) groups excluding carboxylic acids is 1. The van der Waals surface area contributed by atoms with Crippen molar-refractivity contribution in [3.05, 3.63) is 34.1 Å². The van der Waals surface area contributed by atoms with Crippen molar-refractivity contribution in [2.45, 2.75) is 6.42 Å². The highest BCUT2D eigenvalue weighted by Gasteiger charge is 2.13. The van der Waals surface area contributed by atoms with Crippen molar-refractivity contribution in [2.75, 3.05) is 26.0 Å². The molecule has 0 bridgehead atoms. The highest BCUT2D eigenvalue weighted by Crippen LogP contribution is 2.19. The molecule has 106 valence electrons. The summed E-state index contributed by atoms with van der Waals surface area (Å²) in [4.78, 5) is 17.9. The number of rotatable bonds is 5. The van der Waals surface area contributed by atoms with E-state index in [9.17, 15) is 4.79 Å². The molecule has 0 spiro atoms. The van der Waals surface area contributed by atoms with Gasteiger partial charge in [0.05, 0.1) is 10.6 Å². The minimum atomic E-state index is -0.312. The zero-order valence-electron chi connectivity index (χ0n) is 11.1. The van der Waals surface area contributed by atoms with Gasteiger partial charge in [-0.1, -0.05) is 22.9 Å². The summed E-state index contributed by atoms with van der Waals surface area (Å²) in [6.07, 6.45) is 3.75. The van der Waals surface area contributed by atoms with Gasteiger partial charge in [-0.25, -0.2) is 0 Å². The number of pyridine rings is 1. The van der Waals surface area contributed by atoms with Crippen LogP contribution in [0.2, 0.25) is 5.02 Å². The van der Waals surface area contributed by atoms with Crippen LogP contribution in [0.5, 0.6) is 0 Å². The Morgan fingerprint density at radius 3 is 2.95 bits per heavy atom. The van der Waals surface area contributed by atoms with E-state index in [0.717, 1.165) is 18.0 Å². The van der Waals surface area contributed by atoms with Crippen LogP contribution >= 0.6 is 22.9 Å². The fraction of sp³-hybridized carbons (Fsp3) is 0.333. The van der Waals surface area contributed by atoms with E-state index in [-0.39, 0.29) is 5.91 Å². The van der Waals surface area contributed by atoms with Gasteiger partial charge in [-0.3, -0.25) is 15.1 Å². The number of likely N-dealkylation sites (N-methyl/N-ethyl adjacent to an activating group) is 1. The maximum atomic E-state index is 12.0. The summed E-state index contributed by atoms with van der Waals surface area (Å²) in [5, 5.41) is 12.3. The summed E-state index contributed by atoms with van der Waals surface area (Å²) < 4.78 is 0. The molecule has 0 aliphatic carbocycles. The highest BCUT2D eigenvalue weighted by molar-refractivity contribution is 7.15. The normalized spacial score (nSPS) is 10.8. The van der Waals surface area contributed by atoms with E-state index in [0.29, 0.717) is 15.7 Å². The number of nitrogens with one attached hydrogen (secondary N) is 1. The minimum Gasteiger partial charge on any atom is -0.309 e. The summed E-state index contributed by atoms with van der Waals surface area (Å²) in [5.41, 5.74) is 0.367. The van der Waals surface area contributed by atoms with E-state index in [1.165, 1.54) is 23.7 Å². The molecule has 1 N–H and O–H groups in total. The monoisotopic (exact) mass is 311 g/mol. The van der Waals surface area contributed by atoms with Gasteiger partial charge >= 0.3 is 0 Å². The summed E-state index contributed by atoms with van der Waals surface area (Å²) >= 11 is 7.28. The molecule has 0 aliphatic heterocycles. The standard InChI is InChI=1S/C12H14ClN5OS/c1-18(2)6-4-10-16-17-12(20-10)15-11(19)8-3-5-14-7-9(8)13/h3,5,7H,4,6H2,1-2H3,(H,15,17,19). The summed E-state index contributed by atoms with van der Waals surface area (Å²) in [6, 6.07) is 1.56. The zero-order valence-corrected chi connectivity index (χ0v) is 12.7. The molecule has 2 aromatic heterocycles. The van der Waals surface area contributed by atoms with Gasteiger partial charge in [0.25, 0.3) is 5.91 Å². The summed E-state index contributed by atoms with van der Waals surface area (Å²) in [5.74, 6) is -0.312. The molecular weight excluding hydrogens is 298 g/mol. The molecule has 2 heterocycles.